The number of carbonyl (C=O) groups is 2. The van der Waals surface area contributed by atoms with Crippen LogP contribution in [0.15, 0.2) is 0 Å². The van der Waals surface area contributed by atoms with Gasteiger partial charge in [-0.15, -0.1) is 0 Å². The maximum absolute atomic E-state index is 11.4. The number of amides is 1. The summed E-state index contributed by atoms with van der Waals surface area (Å²) in [5.74, 6) is -0.574. The highest BCUT2D eigenvalue weighted by Gasteiger charge is 2.25. The second-order valence-corrected chi connectivity index (χ2v) is 6.41. The highest BCUT2D eigenvalue weighted by atomic mass is 16.4. The standard InChI is InChI=1S/C9H19NO.C6H12O2/c1-6-9(4,5)8(11)10-7(2)3;1-4-6(2,3)5(7)8/h7H,6H2,1-5H3,(H,10,11);4H2,1-3H3,(H,7,8). The van der Waals surface area contributed by atoms with Crippen LogP contribution in [0.1, 0.15) is 68.2 Å². The van der Waals surface area contributed by atoms with Gasteiger partial charge in [0.2, 0.25) is 5.91 Å². The zero-order chi connectivity index (χ0) is 15.9. The smallest absolute Gasteiger partial charge is 0.309 e. The number of nitrogens with one attached hydrogen (secondary N) is 1. The van der Waals surface area contributed by atoms with Crippen molar-refractivity contribution in [2.75, 3.05) is 0 Å². The van der Waals surface area contributed by atoms with Crippen molar-refractivity contribution in [2.24, 2.45) is 10.8 Å². The van der Waals surface area contributed by atoms with Gasteiger partial charge >= 0.3 is 5.97 Å². The predicted octanol–water partition coefficient (Wildman–Crippen LogP) is 3.45. The van der Waals surface area contributed by atoms with E-state index in [0.29, 0.717) is 6.42 Å². The zero-order valence-electron chi connectivity index (χ0n) is 13.8. The molecule has 114 valence electrons. The first-order valence-electron chi connectivity index (χ1n) is 6.95. The Morgan fingerprint density at radius 2 is 1.37 bits per heavy atom. The van der Waals surface area contributed by atoms with Gasteiger partial charge in [0.1, 0.15) is 0 Å². The summed E-state index contributed by atoms with van der Waals surface area (Å²) >= 11 is 0. The van der Waals surface area contributed by atoms with Crippen LogP contribution < -0.4 is 5.32 Å². The molecule has 0 saturated carbocycles. The first-order chi connectivity index (χ1) is 8.40. The molecule has 0 aromatic rings. The topological polar surface area (TPSA) is 66.4 Å². The second kappa shape index (κ2) is 8.18. The van der Waals surface area contributed by atoms with Crippen molar-refractivity contribution in [3.05, 3.63) is 0 Å². The van der Waals surface area contributed by atoms with Gasteiger partial charge in [-0.1, -0.05) is 27.7 Å². The van der Waals surface area contributed by atoms with Crippen molar-refractivity contribution in [3.63, 3.8) is 0 Å². The fourth-order valence-electron chi connectivity index (χ4n) is 0.769. The van der Waals surface area contributed by atoms with Crippen molar-refractivity contribution in [1.29, 1.82) is 0 Å². The van der Waals surface area contributed by atoms with E-state index in [1.54, 1.807) is 13.8 Å². The Morgan fingerprint density at radius 3 is 1.53 bits per heavy atom. The molecule has 0 atom stereocenters. The molecule has 4 nitrogen and oxygen atoms in total. The highest BCUT2D eigenvalue weighted by Crippen LogP contribution is 2.19. The van der Waals surface area contributed by atoms with E-state index in [4.69, 9.17) is 5.11 Å². The third-order valence-corrected chi connectivity index (χ3v) is 3.38. The van der Waals surface area contributed by atoms with Crippen molar-refractivity contribution in [2.45, 2.75) is 74.3 Å². The van der Waals surface area contributed by atoms with Crippen LogP contribution in [0.3, 0.4) is 0 Å². The van der Waals surface area contributed by atoms with Crippen molar-refractivity contribution in [1.82, 2.24) is 5.32 Å². The summed E-state index contributed by atoms with van der Waals surface area (Å²) in [7, 11) is 0. The number of carboxylic acids is 1. The molecule has 19 heavy (non-hydrogen) atoms. The lowest BCUT2D eigenvalue weighted by molar-refractivity contribution is -0.147. The SMILES string of the molecule is CCC(C)(C)C(=O)NC(C)C.CCC(C)(C)C(=O)O. The van der Waals surface area contributed by atoms with Gasteiger partial charge in [0, 0.05) is 11.5 Å². The molecule has 0 heterocycles. The Hall–Kier alpha value is -1.06. The molecule has 0 aromatic carbocycles. The zero-order valence-corrected chi connectivity index (χ0v) is 13.8. The summed E-state index contributed by atoms with van der Waals surface area (Å²) < 4.78 is 0. The maximum Gasteiger partial charge on any atom is 0.309 e. The van der Waals surface area contributed by atoms with Gasteiger partial charge in [0.15, 0.2) is 0 Å². The highest BCUT2D eigenvalue weighted by molar-refractivity contribution is 5.81. The van der Waals surface area contributed by atoms with E-state index in [0.717, 1.165) is 6.42 Å². The van der Waals surface area contributed by atoms with Crippen LogP contribution in [-0.2, 0) is 9.59 Å². The van der Waals surface area contributed by atoms with Crippen LogP contribution in [0.4, 0.5) is 0 Å². The molecule has 0 fully saturated rings. The largest absolute Gasteiger partial charge is 0.481 e. The van der Waals surface area contributed by atoms with E-state index in [1.165, 1.54) is 0 Å². The van der Waals surface area contributed by atoms with E-state index < -0.39 is 11.4 Å². The third-order valence-electron chi connectivity index (χ3n) is 3.38. The maximum atomic E-state index is 11.4. The lowest BCUT2D eigenvalue weighted by atomic mass is 9.89. The minimum Gasteiger partial charge on any atom is -0.481 e. The number of carboxylic acid groups (broad SMARTS) is 1. The lowest BCUT2D eigenvalue weighted by Gasteiger charge is -2.22. The molecular weight excluding hydrogens is 242 g/mol. The van der Waals surface area contributed by atoms with Crippen LogP contribution in [0, 0.1) is 10.8 Å². The Bertz CT molecular complexity index is 294. The molecule has 0 bridgehead atoms. The summed E-state index contributed by atoms with van der Waals surface area (Å²) in [4.78, 5) is 21.6. The Labute approximate surface area is 118 Å². The van der Waals surface area contributed by atoms with E-state index in [-0.39, 0.29) is 17.4 Å². The van der Waals surface area contributed by atoms with E-state index >= 15 is 0 Å². The molecule has 0 aliphatic rings. The molecule has 0 unspecified atom stereocenters. The summed E-state index contributed by atoms with van der Waals surface area (Å²) in [5, 5.41) is 11.3. The van der Waals surface area contributed by atoms with Gasteiger partial charge in [0.05, 0.1) is 5.41 Å². The number of rotatable bonds is 5. The predicted molar refractivity (Wildman–Crippen MR) is 79.1 cm³/mol. The average molecular weight is 273 g/mol. The molecule has 4 heteroatoms. The lowest BCUT2D eigenvalue weighted by Crippen LogP contribution is -2.40. The molecular formula is C15H31NO3. The monoisotopic (exact) mass is 273 g/mol. The molecule has 0 aromatic heterocycles. The Kier molecular flexibility index (Phi) is 8.72. The normalized spacial score (nSPS) is 11.6. The summed E-state index contributed by atoms with van der Waals surface area (Å²) in [6.07, 6.45) is 1.56. The number of hydrogen-bond donors (Lipinski definition) is 2. The second-order valence-electron chi connectivity index (χ2n) is 6.41. The van der Waals surface area contributed by atoms with E-state index in [1.807, 2.05) is 41.5 Å². The number of hydrogen-bond acceptors (Lipinski definition) is 2. The average Bonchev–Trinajstić information content (AvgIpc) is 2.28. The van der Waals surface area contributed by atoms with Crippen LogP contribution >= 0.6 is 0 Å². The van der Waals surface area contributed by atoms with Gasteiger partial charge in [-0.2, -0.15) is 0 Å². The van der Waals surface area contributed by atoms with Crippen LogP contribution in [0.2, 0.25) is 0 Å². The van der Waals surface area contributed by atoms with E-state index in [9.17, 15) is 9.59 Å². The van der Waals surface area contributed by atoms with Crippen molar-refractivity contribution >= 4 is 11.9 Å². The molecule has 0 aliphatic carbocycles. The Morgan fingerprint density at radius 1 is 1.00 bits per heavy atom. The van der Waals surface area contributed by atoms with E-state index in [2.05, 4.69) is 5.32 Å². The van der Waals surface area contributed by atoms with Gasteiger partial charge in [0.25, 0.3) is 0 Å². The van der Waals surface area contributed by atoms with Gasteiger partial charge < -0.3 is 10.4 Å². The van der Waals surface area contributed by atoms with Crippen LogP contribution in [-0.4, -0.2) is 23.0 Å². The minimum atomic E-state index is -0.722. The quantitative estimate of drug-likeness (QED) is 0.806. The molecule has 0 spiro atoms. The van der Waals surface area contributed by atoms with Crippen LogP contribution in [0.5, 0.6) is 0 Å². The molecule has 1 amide bonds. The number of carbonyl (C=O) groups excluding carboxylic acids is 1. The fourth-order valence-corrected chi connectivity index (χ4v) is 0.769. The van der Waals surface area contributed by atoms with Crippen LogP contribution in [0.25, 0.3) is 0 Å². The molecule has 0 aliphatic heterocycles. The Balaban J connectivity index is 0. The summed E-state index contributed by atoms with van der Waals surface area (Å²) in [6, 6.07) is 0.244. The van der Waals surface area contributed by atoms with Crippen molar-refractivity contribution < 1.29 is 14.7 Å². The summed E-state index contributed by atoms with van der Waals surface area (Å²) in [6.45, 7) is 15.2. The van der Waals surface area contributed by atoms with Gasteiger partial charge in [-0.05, 0) is 40.5 Å². The minimum absolute atomic E-state index is 0.148. The van der Waals surface area contributed by atoms with Gasteiger partial charge in [-0.25, -0.2) is 0 Å². The molecule has 2 N–H and O–H groups in total. The van der Waals surface area contributed by atoms with Crippen molar-refractivity contribution in [3.8, 4) is 0 Å². The molecule has 0 saturated heterocycles. The molecule has 0 rings (SSSR count). The number of aliphatic carboxylic acids is 1. The first-order valence-corrected chi connectivity index (χ1v) is 6.95. The van der Waals surface area contributed by atoms with Gasteiger partial charge in [-0.3, -0.25) is 9.59 Å². The third kappa shape index (κ3) is 8.62. The first kappa shape index (κ1) is 20.3. The summed E-state index contributed by atoms with van der Waals surface area (Å²) in [5.41, 5.74) is -0.760. The molecule has 0 radical (unpaired) electrons. The fraction of sp³-hybridized carbons (Fsp3) is 0.867.